The number of phenols is 1. The molecule has 0 aliphatic rings. The summed E-state index contributed by atoms with van der Waals surface area (Å²) in [5.41, 5.74) is 0.737. The van der Waals surface area contributed by atoms with E-state index in [1.165, 1.54) is 6.07 Å². The van der Waals surface area contributed by atoms with Crippen LogP contribution in [0.1, 0.15) is 5.56 Å². The molecular weight excluding hydrogens is 334 g/mol. The molecule has 1 amide bonds. The maximum absolute atomic E-state index is 11.7. The number of benzene rings is 1. The lowest BCUT2D eigenvalue weighted by Gasteiger charge is -2.07. The van der Waals surface area contributed by atoms with Gasteiger partial charge in [0.05, 0.1) is 4.47 Å². The van der Waals surface area contributed by atoms with E-state index in [0.717, 1.165) is 17.5 Å². The zero-order valence-corrected chi connectivity index (χ0v) is 12.4. The summed E-state index contributed by atoms with van der Waals surface area (Å²) < 4.78 is 0.516. The smallest absolute Gasteiger partial charge is 0.269 e. The number of aromatic hydroxyl groups is 1. The minimum Gasteiger partial charge on any atom is -0.507 e. The second-order valence-corrected chi connectivity index (χ2v) is 5.23. The predicted molar refractivity (Wildman–Crippen MR) is 78.4 cm³/mol. The van der Waals surface area contributed by atoms with Gasteiger partial charge in [-0.2, -0.15) is 0 Å². The van der Waals surface area contributed by atoms with E-state index in [1.807, 2.05) is 0 Å². The highest BCUT2D eigenvalue weighted by Crippen LogP contribution is 2.24. The molecule has 0 atom stereocenters. The first-order valence-electron chi connectivity index (χ1n) is 5.36. The van der Waals surface area contributed by atoms with E-state index in [4.69, 9.17) is 10.3 Å². The Balaban J connectivity index is 2.66. The quantitative estimate of drug-likeness (QED) is 0.203. The summed E-state index contributed by atoms with van der Waals surface area (Å²) in [5.74, 6) is 0.242. The maximum atomic E-state index is 11.7. The molecule has 0 bridgehead atoms. The van der Waals surface area contributed by atoms with Crippen molar-refractivity contribution >= 4 is 39.5 Å². The molecule has 0 aliphatic carbocycles. The van der Waals surface area contributed by atoms with E-state index in [-0.39, 0.29) is 17.9 Å². The summed E-state index contributed by atoms with van der Waals surface area (Å²) in [6.45, 7) is 0.401. The summed E-state index contributed by atoms with van der Waals surface area (Å²) in [5, 5.41) is 29.1. The number of amides is 1. The minimum atomic E-state index is -0.444. The lowest BCUT2D eigenvalue weighted by Crippen LogP contribution is -2.34. The molecule has 6 nitrogen and oxygen atoms in total. The number of oxime groups is 1. The van der Waals surface area contributed by atoms with Crippen molar-refractivity contribution in [3.8, 4) is 5.75 Å². The van der Waals surface area contributed by atoms with Gasteiger partial charge in [0.2, 0.25) is 0 Å². The number of nitrogens with one attached hydrogen (secondary N) is 1. The molecule has 0 aliphatic heterocycles. The molecule has 1 aromatic carbocycles. The number of hydrogen-bond acceptors (Lipinski definition) is 6. The maximum Gasteiger partial charge on any atom is 0.269 e. The van der Waals surface area contributed by atoms with E-state index in [1.54, 1.807) is 12.1 Å². The van der Waals surface area contributed by atoms with Crippen LogP contribution in [0, 0.1) is 0 Å². The monoisotopic (exact) mass is 347 g/mol. The summed E-state index contributed by atoms with van der Waals surface area (Å²) in [7, 11) is 0. The number of nitrogens with zero attached hydrogens (tertiary/aromatic N) is 1. The minimum absolute atomic E-state index is 0.000360. The third-order valence-corrected chi connectivity index (χ3v) is 3.35. The zero-order chi connectivity index (χ0) is 14.3. The first kappa shape index (κ1) is 15.8. The van der Waals surface area contributed by atoms with Crippen LogP contribution in [0.15, 0.2) is 27.8 Å². The highest BCUT2D eigenvalue weighted by Gasteiger charge is 2.13. The van der Waals surface area contributed by atoms with Crippen LogP contribution in [-0.2, 0) is 11.2 Å². The van der Waals surface area contributed by atoms with Crippen LogP contribution >= 0.6 is 27.9 Å². The third-order valence-electron chi connectivity index (χ3n) is 2.27. The Labute approximate surface area is 123 Å². The normalized spacial score (nSPS) is 11.4. The standard InChI is InChI=1S/C11H14BrN3O3S/c12-8-5-7(1-2-10(8)16)6-9(15-18)11(17)14-3-4-19-13/h1-2,5,16,18H,3-4,6,13H2,(H,14,17)/b15-9+. The summed E-state index contributed by atoms with van der Waals surface area (Å²) >= 11 is 4.30. The third kappa shape index (κ3) is 5.09. The van der Waals surface area contributed by atoms with Crippen LogP contribution in [0.25, 0.3) is 0 Å². The Morgan fingerprint density at radius 1 is 1.53 bits per heavy atom. The van der Waals surface area contributed by atoms with Gasteiger partial charge in [-0.25, -0.2) is 0 Å². The highest BCUT2D eigenvalue weighted by molar-refractivity contribution is 9.10. The molecule has 0 unspecified atom stereocenters. The van der Waals surface area contributed by atoms with Crippen LogP contribution in [0.5, 0.6) is 5.75 Å². The fraction of sp³-hybridized carbons (Fsp3) is 0.273. The van der Waals surface area contributed by atoms with Crippen LogP contribution < -0.4 is 10.5 Å². The topological polar surface area (TPSA) is 108 Å². The van der Waals surface area contributed by atoms with Crippen molar-refractivity contribution < 1.29 is 15.1 Å². The Morgan fingerprint density at radius 3 is 2.84 bits per heavy atom. The number of nitrogens with two attached hydrogens (primary N) is 1. The molecule has 0 heterocycles. The predicted octanol–water partition coefficient (Wildman–Crippen LogP) is 1.25. The molecule has 0 saturated carbocycles. The number of halogens is 1. The molecule has 19 heavy (non-hydrogen) atoms. The zero-order valence-electron chi connectivity index (χ0n) is 9.97. The lowest BCUT2D eigenvalue weighted by atomic mass is 10.1. The summed E-state index contributed by atoms with van der Waals surface area (Å²) in [4.78, 5) is 11.7. The van der Waals surface area contributed by atoms with Gasteiger partial charge in [0.15, 0.2) is 0 Å². The van der Waals surface area contributed by atoms with Crippen molar-refractivity contribution in [1.29, 1.82) is 0 Å². The number of hydrogen-bond donors (Lipinski definition) is 4. The largest absolute Gasteiger partial charge is 0.507 e. The Bertz CT molecular complexity index is 482. The van der Waals surface area contributed by atoms with Crippen LogP contribution in [0.3, 0.4) is 0 Å². The van der Waals surface area contributed by atoms with E-state index in [0.29, 0.717) is 16.8 Å². The Hall–Kier alpha value is -1.25. The second-order valence-electron chi connectivity index (χ2n) is 3.64. The highest BCUT2D eigenvalue weighted by atomic mass is 79.9. The van der Waals surface area contributed by atoms with Crippen molar-refractivity contribution in [3.05, 3.63) is 28.2 Å². The lowest BCUT2D eigenvalue weighted by molar-refractivity contribution is -0.114. The molecule has 0 radical (unpaired) electrons. The van der Waals surface area contributed by atoms with Crippen LogP contribution in [0.2, 0.25) is 0 Å². The molecule has 0 spiro atoms. The molecule has 0 aromatic heterocycles. The average Bonchev–Trinajstić information content (AvgIpc) is 2.40. The van der Waals surface area contributed by atoms with E-state index >= 15 is 0 Å². The Kier molecular flexibility index (Phi) is 6.68. The van der Waals surface area contributed by atoms with Gasteiger partial charge in [-0.3, -0.25) is 9.93 Å². The molecule has 5 N–H and O–H groups in total. The van der Waals surface area contributed by atoms with Gasteiger partial charge in [-0.15, -0.1) is 0 Å². The van der Waals surface area contributed by atoms with E-state index in [2.05, 4.69) is 26.4 Å². The van der Waals surface area contributed by atoms with Crippen LogP contribution in [0.4, 0.5) is 0 Å². The van der Waals surface area contributed by atoms with Crippen molar-refractivity contribution in [3.63, 3.8) is 0 Å². The number of rotatable bonds is 6. The van der Waals surface area contributed by atoms with Gasteiger partial charge < -0.3 is 15.6 Å². The molecule has 0 fully saturated rings. The average molecular weight is 348 g/mol. The van der Waals surface area contributed by atoms with Gasteiger partial charge in [0, 0.05) is 18.7 Å². The van der Waals surface area contributed by atoms with E-state index < -0.39 is 5.91 Å². The summed E-state index contributed by atoms with van der Waals surface area (Å²) in [6, 6.07) is 4.80. The van der Waals surface area contributed by atoms with Crippen molar-refractivity contribution in [2.45, 2.75) is 6.42 Å². The van der Waals surface area contributed by atoms with Gasteiger partial charge >= 0.3 is 0 Å². The number of phenolic OH excluding ortho intramolecular Hbond substituents is 1. The van der Waals surface area contributed by atoms with Crippen molar-refractivity contribution in [2.24, 2.45) is 10.3 Å². The fourth-order valence-corrected chi connectivity index (χ4v) is 1.99. The SMILES string of the molecule is NSCCNC(=O)/C(Cc1ccc(O)c(Br)c1)=N/O. The first-order valence-corrected chi connectivity index (χ1v) is 7.21. The van der Waals surface area contributed by atoms with Gasteiger partial charge in [0.25, 0.3) is 5.91 Å². The summed E-state index contributed by atoms with van der Waals surface area (Å²) in [6.07, 6.45) is 0.164. The van der Waals surface area contributed by atoms with Gasteiger partial charge in [-0.05, 0) is 33.6 Å². The molecular formula is C11H14BrN3O3S. The van der Waals surface area contributed by atoms with Crippen LogP contribution in [-0.4, -0.2) is 34.2 Å². The molecule has 104 valence electrons. The molecule has 1 rings (SSSR count). The number of carbonyl (C=O) groups excluding carboxylic acids is 1. The van der Waals surface area contributed by atoms with Gasteiger partial charge in [-0.1, -0.05) is 23.2 Å². The Morgan fingerprint density at radius 2 is 2.26 bits per heavy atom. The first-order chi connectivity index (χ1) is 9.08. The fourth-order valence-electron chi connectivity index (χ4n) is 1.34. The van der Waals surface area contributed by atoms with E-state index in [9.17, 15) is 9.90 Å². The molecule has 8 heteroatoms. The van der Waals surface area contributed by atoms with Crippen molar-refractivity contribution in [2.75, 3.05) is 12.3 Å². The van der Waals surface area contributed by atoms with Crippen molar-refractivity contribution in [1.82, 2.24) is 5.32 Å². The molecule has 0 saturated heterocycles. The number of carbonyl (C=O) groups is 1. The van der Waals surface area contributed by atoms with Gasteiger partial charge in [0.1, 0.15) is 11.5 Å². The second kappa shape index (κ2) is 8.03. The molecule has 1 aromatic rings.